The first-order chi connectivity index (χ1) is 11.7. The molecule has 2 aromatic rings. The average Bonchev–Trinajstić information content (AvgIpc) is 3.00. The number of carbonyl (C=O) groups is 1. The number of nitrogens with one attached hydrogen (secondary N) is 2. The van der Waals surface area contributed by atoms with Crippen LogP contribution in [0.2, 0.25) is 5.02 Å². The quantitative estimate of drug-likeness (QED) is 0.832. The lowest BCUT2D eigenvalue weighted by Crippen LogP contribution is -2.45. The highest BCUT2D eigenvalue weighted by Crippen LogP contribution is 2.18. The van der Waals surface area contributed by atoms with Crippen LogP contribution in [0.1, 0.15) is 42.4 Å². The number of nitrogens with zero attached hydrogens (tertiary/aromatic N) is 3. The fourth-order valence-corrected chi connectivity index (χ4v) is 3.17. The molecule has 1 aromatic carbocycles. The summed E-state index contributed by atoms with van der Waals surface area (Å²) in [6.07, 6.45) is 3.69. The van der Waals surface area contributed by atoms with Crippen LogP contribution in [-0.4, -0.2) is 40.0 Å². The van der Waals surface area contributed by atoms with Gasteiger partial charge in [0.25, 0.3) is 5.91 Å². The second-order valence-corrected chi connectivity index (χ2v) is 6.48. The molecular formula is C17H23Cl2N5O. The summed E-state index contributed by atoms with van der Waals surface area (Å²) in [7, 11) is 0. The van der Waals surface area contributed by atoms with Gasteiger partial charge in [0.05, 0.1) is 11.4 Å². The molecule has 25 heavy (non-hydrogen) atoms. The van der Waals surface area contributed by atoms with Crippen molar-refractivity contribution in [3.63, 3.8) is 0 Å². The van der Waals surface area contributed by atoms with E-state index in [0.29, 0.717) is 10.7 Å². The molecule has 1 aliphatic heterocycles. The molecule has 0 spiro atoms. The van der Waals surface area contributed by atoms with Crippen molar-refractivity contribution >= 4 is 29.9 Å². The predicted octanol–water partition coefficient (Wildman–Crippen LogP) is 2.78. The van der Waals surface area contributed by atoms with Gasteiger partial charge in [-0.15, -0.1) is 17.5 Å². The highest BCUT2D eigenvalue weighted by Gasteiger charge is 2.23. The number of piperidine rings is 1. The highest BCUT2D eigenvalue weighted by atomic mass is 35.5. The summed E-state index contributed by atoms with van der Waals surface area (Å²) in [6.45, 7) is 3.89. The third-order valence-electron chi connectivity index (χ3n) is 4.15. The van der Waals surface area contributed by atoms with E-state index in [1.54, 1.807) is 4.68 Å². The molecule has 0 radical (unpaired) electrons. The van der Waals surface area contributed by atoms with E-state index in [-0.39, 0.29) is 24.4 Å². The van der Waals surface area contributed by atoms with E-state index < -0.39 is 0 Å². The zero-order valence-electron chi connectivity index (χ0n) is 14.2. The monoisotopic (exact) mass is 383 g/mol. The number of amides is 1. The Kier molecular flexibility index (Phi) is 7.23. The molecule has 3 rings (SSSR count). The van der Waals surface area contributed by atoms with Gasteiger partial charge in [-0.3, -0.25) is 4.79 Å². The Bertz CT molecular complexity index is 713. The molecule has 1 aliphatic rings. The van der Waals surface area contributed by atoms with Crippen molar-refractivity contribution in [2.75, 3.05) is 13.1 Å². The van der Waals surface area contributed by atoms with Crippen molar-refractivity contribution < 1.29 is 4.79 Å². The molecule has 0 saturated carbocycles. The Morgan fingerprint density at radius 3 is 3.00 bits per heavy atom. The predicted molar refractivity (Wildman–Crippen MR) is 101 cm³/mol. The topological polar surface area (TPSA) is 71.8 Å². The van der Waals surface area contributed by atoms with Gasteiger partial charge in [0.15, 0.2) is 5.69 Å². The molecule has 1 amide bonds. The summed E-state index contributed by atoms with van der Waals surface area (Å²) < 4.78 is 1.71. The van der Waals surface area contributed by atoms with Crippen LogP contribution in [0.4, 0.5) is 0 Å². The Hall–Kier alpha value is -1.63. The number of hydrogen-bond acceptors (Lipinski definition) is 4. The van der Waals surface area contributed by atoms with Gasteiger partial charge >= 0.3 is 0 Å². The number of halogens is 2. The van der Waals surface area contributed by atoms with Gasteiger partial charge in [0, 0.05) is 17.6 Å². The minimum Gasteiger partial charge on any atom is -0.347 e. The largest absolute Gasteiger partial charge is 0.347 e. The molecule has 136 valence electrons. The zero-order valence-corrected chi connectivity index (χ0v) is 15.7. The second kappa shape index (κ2) is 9.17. The summed E-state index contributed by atoms with van der Waals surface area (Å²) >= 11 is 6.07. The van der Waals surface area contributed by atoms with E-state index in [0.717, 1.165) is 50.2 Å². The molecule has 1 fully saturated rings. The summed E-state index contributed by atoms with van der Waals surface area (Å²) in [6, 6.07) is 7.56. The standard InChI is InChI=1S/C17H22ClN5O.ClH/c1-2-5-15-16(17(24)20-13-7-4-9-19-11-13)21-22-23(15)14-8-3-6-12(18)10-14;/h3,6,8,10,13,19H,2,4-5,7,9,11H2,1H3,(H,20,24);1H. The van der Waals surface area contributed by atoms with Crippen LogP contribution in [0.3, 0.4) is 0 Å². The molecule has 6 nitrogen and oxygen atoms in total. The SMILES string of the molecule is CCCc1c(C(=O)NC2CCCNC2)nnn1-c1cccc(Cl)c1.Cl. The van der Waals surface area contributed by atoms with Crippen LogP contribution in [-0.2, 0) is 6.42 Å². The minimum absolute atomic E-state index is 0. The number of carbonyl (C=O) groups excluding carboxylic acids is 1. The number of aromatic nitrogens is 3. The summed E-state index contributed by atoms with van der Waals surface area (Å²) in [5.74, 6) is -0.152. The number of rotatable bonds is 5. The van der Waals surface area contributed by atoms with E-state index in [1.807, 2.05) is 24.3 Å². The van der Waals surface area contributed by atoms with Gasteiger partial charge in [-0.05, 0) is 44.0 Å². The molecule has 1 atom stereocenters. The van der Waals surface area contributed by atoms with Crippen molar-refractivity contribution in [2.24, 2.45) is 0 Å². The van der Waals surface area contributed by atoms with E-state index in [9.17, 15) is 4.79 Å². The lowest BCUT2D eigenvalue weighted by Gasteiger charge is -2.23. The van der Waals surface area contributed by atoms with Crippen LogP contribution < -0.4 is 10.6 Å². The Labute approximate surface area is 158 Å². The van der Waals surface area contributed by atoms with Crippen LogP contribution in [0.15, 0.2) is 24.3 Å². The molecule has 2 heterocycles. The maximum atomic E-state index is 12.6. The number of hydrogen-bond donors (Lipinski definition) is 2. The molecule has 1 unspecified atom stereocenters. The lowest BCUT2D eigenvalue weighted by molar-refractivity contribution is 0.0924. The maximum Gasteiger partial charge on any atom is 0.274 e. The Morgan fingerprint density at radius 1 is 1.48 bits per heavy atom. The summed E-state index contributed by atoms with van der Waals surface area (Å²) in [4.78, 5) is 12.6. The maximum absolute atomic E-state index is 12.6. The van der Waals surface area contributed by atoms with Crippen LogP contribution >= 0.6 is 24.0 Å². The van der Waals surface area contributed by atoms with Crippen LogP contribution in [0, 0.1) is 0 Å². The molecule has 0 aliphatic carbocycles. The lowest BCUT2D eigenvalue weighted by atomic mass is 10.1. The molecule has 2 N–H and O–H groups in total. The smallest absolute Gasteiger partial charge is 0.274 e. The first-order valence-corrected chi connectivity index (χ1v) is 8.79. The van der Waals surface area contributed by atoms with E-state index in [4.69, 9.17) is 11.6 Å². The summed E-state index contributed by atoms with van der Waals surface area (Å²) in [5.41, 5.74) is 2.04. The molecule has 8 heteroatoms. The van der Waals surface area contributed by atoms with Gasteiger partial charge in [-0.25, -0.2) is 4.68 Å². The Morgan fingerprint density at radius 2 is 2.32 bits per heavy atom. The van der Waals surface area contributed by atoms with Crippen LogP contribution in [0.5, 0.6) is 0 Å². The van der Waals surface area contributed by atoms with Crippen molar-refractivity contribution in [1.29, 1.82) is 0 Å². The average molecular weight is 384 g/mol. The Balaban J connectivity index is 0.00000225. The molecule has 0 bridgehead atoms. The van der Waals surface area contributed by atoms with Crippen LogP contribution in [0.25, 0.3) is 5.69 Å². The molecule has 1 saturated heterocycles. The second-order valence-electron chi connectivity index (χ2n) is 6.04. The highest BCUT2D eigenvalue weighted by molar-refractivity contribution is 6.30. The zero-order chi connectivity index (χ0) is 16.9. The van der Waals surface area contributed by atoms with Gasteiger partial charge < -0.3 is 10.6 Å². The van der Waals surface area contributed by atoms with Gasteiger partial charge in [-0.2, -0.15) is 0 Å². The molecular weight excluding hydrogens is 361 g/mol. The van der Waals surface area contributed by atoms with Gasteiger partial charge in [0.2, 0.25) is 0 Å². The van der Waals surface area contributed by atoms with E-state index in [2.05, 4.69) is 27.9 Å². The fraction of sp³-hybridized carbons (Fsp3) is 0.471. The first kappa shape index (κ1) is 19.7. The van der Waals surface area contributed by atoms with Gasteiger partial charge in [0.1, 0.15) is 0 Å². The van der Waals surface area contributed by atoms with Crippen molar-refractivity contribution in [1.82, 2.24) is 25.6 Å². The van der Waals surface area contributed by atoms with Crippen molar-refractivity contribution in [3.8, 4) is 5.69 Å². The summed E-state index contributed by atoms with van der Waals surface area (Å²) in [5, 5.41) is 15.3. The minimum atomic E-state index is -0.152. The van der Waals surface area contributed by atoms with E-state index >= 15 is 0 Å². The van der Waals surface area contributed by atoms with E-state index in [1.165, 1.54) is 0 Å². The molecule has 1 aromatic heterocycles. The third-order valence-corrected chi connectivity index (χ3v) is 4.39. The van der Waals surface area contributed by atoms with Crippen molar-refractivity contribution in [3.05, 3.63) is 40.7 Å². The fourth-order valence-electron chi connectivity index (χ4n) is 2.98. The van der Waals surface area contributed by atoms with Crippen molar-refractivity contribution in [2.45, 2.75) is 38.6 Å². The normalized spacial score (nSPS) is 17.0. The third kappa shape index (κ3) is 4.71. The van der Waals surface area contributed by atoms with Gasteiger partial charge in [-0.1, -0.05) is 36.2 Å². The first-order valence-electron chi connectivity index (χ1n) is 8.41. The number of benzene rings is 1.